The normalized spacial score (nSPS) is 20.1. The molecule has 2 N–H and O–H groups in total. The molecule has 0 saturated heterocycles. The Morgan fingerprint density at radius 3 is 2.04 bits per heavy atom. The van der Waals surface area contributed by atoms with Crippen molar-refractivity contribution in [1.82, 2.24) is 10.6 Å². The molecule has 0 aliphatic heterocycles. The van der Waals surface area contributed by atoms with E-state index in [-0.39, 0.29) is 23.6 Å². The van der Waals surface area contributed by atoms with E-state index in [0.29, 0.717) is 0 Å². The highest BCUT2D eigenvalue weighted by Gasteiger charge is 2.16. The van der Waals surface area contributed by atoms with Gasteiger partial charge in [0.15, 0.2) is 0 Å². The molecular weight excluding hydrogens is 298 g/mol. The molecule has 4 heteroatoms. The van der Waals surface area contributed by atoms with Gasteiger partial charge in [-0.05, 0) is 26.2 Å². The van der Waals surface area contributed by atoms with Gasteiger partial charge in [0.05, 0.1) is 0 Å². The molecule has 0 aromatic heterocycles. The average Bonchev–Trinajstić information content (AvgIpc) is 2.57. The summed E-state index contributed by atoms with van der Waals surface area (Å²) in [4.78, 5) is 12.4. The van der Waals surface area contributed by atoms with Gasteiger partial charge in [-0.25, -0.2) is 0 Å². The number of carbonyl (C=O) groups is 1. The van der Waals surface area contributed by atoms with Gasteiger partial charge >= 0.3 is 0 Å². The van der Waals surface area contributed by atoms with Crippen molar-refractivity contribution in [3.8, 4) is 6.07 Å². The lowest BCUT2D eigenvalue weighted by molar-refractivity contribution is -0.117. The molecule has 1 amide bonds. The highest BCUT2D eigenvalue weighted by molar-refractivity contribution is 5.97. The fourth-order valence-electron chi connectivity index (χ4n) is 3.06. The molecular formula is C20H35N3O. The summed E-state index contributed by atoms with van der Waals surface area (Å²) >= 11 is 0. The molecule has 1 atom stereocenters. The molecule has 0 heterocycles. The summed E-state index contributed by atoms with van der Waals surface area (Å²) < 4.78 is 0. The SMILES string of the molecule is CCC(C)N/C=C(/C#N)C(=O)NC1CCCCCCCCCCC1. The zero-order valence-corrected chi connectivity index (χ0v) is 15.6. The fourth-order valence-corrected chi connectivity index (χ4v) is 3.06. The van der Waals surface area contributed by atoms with Crippen LogP contribution in [0, 0.1) is 11.3 Å². The topological polar surface area (TPSA) is 64.9 Å². The molecule has 136 valence electrons. The molecule has 0 bridgehead atoms. The minimum Gasteiger partial charge on any atom is -0.387 e. The second-order valence-electron chi connectivity index (χ2n) is 7.08. The summed E-state index contributed by atoms with van der Waals surface area (Å²) in [5.74, 6) is -0.231. The van der Waals surface area contributed by atoms with E-state index in [1.807, 2.05) is 13.0 Å². The summed E-state index contributed by atoms with van der Waals surface area (Å²) in [6, 6.07) is 2.50. The van der Waals surface area contributed by atoms with Crippen molar-refractivity contribution in [2.45, 2.75) is 103 Å². The first-order chi connectivity index (χ1) is 11.7. The van der Waals surface area contributed by atoms with E-state index >= 15 is 0 Å². The Labute approximate surface area is 148 Å². The molecule has 1 aliphatic carbocycles. The summed E-state index contributed by atoms with van der Waals surface area (Å²) in [6.07, 6.45) is 16.1. The molecule has 1 unspecified atom stereocenters. The Balaban J connectivity index is 2.53. The number of hydrogen-bond donors (Lipinski definition) is 2. The Morgan fingerprint density at radius 2 is 1.58 bits per heavy atom. The number of hydrogen-bond acceptors (Lipinski definition) is 3. The van der Waals surface area contributed by atoms with Gasteiger partial charge in [-0.15, -0.1) is 0 Å². The van der Waals surface area contributed by atoms with Crippen LogP contribution in [0.1, 0.15) is 90.9 Å². The predicted molar refractivity (Wildman–Crippen MR) is 99.3 cm³/mol. The van der Waals surface area contributed by atoms with E-state index < -0.39 is 0 Å². The third-order valence-corrected chi connectivity index (χ3v) is 4.93. The van der Waals surface area contributed by atoms with Gasteiger partial charge in [-0.2, -0.15) is 5.26 Å². The van der Waals surface area contributed by atoms with E-state index in [9.17, 15) is 10.1 Å². The molecule has 1 saturated carbocycles. The lowest BCUT2D eigenvalue weighted by atomic mass is 9.98. The third-order valence-electron chi connectivity index (χ3n) is 4.93. The first kappa shape index (κ1) is 20.5. The highest BCUT2D eigenvalue weighted by Crippen LogP contribution is 2.17. The molecule has 1 rings (SSSR count). The zero-order valence-electron chi connectivity index (χ0n) is 15.6. The van der Waals surface area contributed by atoms with Crippen LogP contribution in [-0.4, -0.2) is 18.0 Å². The van der Waals surface area contributed by atoms with Gasteiger partial charge in [-0.1, -0.05) is 64.7 Å². The third kappa shape index (κ3) is 8.96. The summed E-state index contributed by atoms with van der Waals surface area (Å²) in [6.45, 7) is 4.11. The maximum absolute atomic E-state index is 12.4. The average molecular weight is 334 g/mol. The lowest BCUT2D eigenvalue weighted by Crippen LogP contribution is -2.36. The number of amides is 1. The molecule has 0 aromatic rings. The second-order valence-corrected chi connectivity index (χ2v) is 7.08. The van der Waals surface area contributed by atoms with Crippen LogP contribution in [0.25, 0.3) is 0 Å². The smallest absolute Gasteiger partial charge is 0.263 e. The van der Waals surface area contributed by atoms with E-state index in [0.717, 1.165) is 19.3 Å². The standard InChI is InChI=1S/C20H35N3O/c1-3-17(2)22-16-18(15-21)20(24)23-19-13-11-9-7-5-4-6-8-10-12-14-19/h16-17,19,22H,3-14H2,1-2H3,(H,23,24)/b18-16-. The summed E-state index contributed by atoms with van der Waals surface area (Å²) in [7, 11) is 0. The first-order valence-corrected chi connectivity index (χ1v) is 9.84. The molecule has 0 radical (unpaired) electrons. The zero-order chi connectivity index (χ0) is 17.6. The number of carbonyl (C=O) groups excluding carboxylic acids is 1. The van der Waals surface area contributed by atoms with Crippen LogP contribution in [0.2, 0.25) is 0 Å². The van der Waals surface area contributed by atoms with E-state index in [4.69, 9.17) is 0 Å². The van der Waals surface area contributed by atoms with Gasteiger partial charge < -0.3 is 10.6 Å². The quantitative estimate of drug-likeness (QED) is 0.572. The van der Waals surface area contributed by atoms with Crippen molar-refractivity contribution in [1.29, 1.82) is 5.26 Å². The predicted octanol–water partition coefficient (Wildman–Crippen LogP) is 4.57. The minimum atomic E-state index is -0.231. The van der Waals surface area contributed by atoms with Crippen LogP contribution in [-0.2, 0) is 4.79 Å². The van der Waals surface area contributed by atoms with E-state index in [2.05, 4.69) is 17.6 Å². The summed E-state index contributed by atoms with van der Waals surface area (Å²) in [5, 5.41) is 15.4. The van der Waals surface area contributed by atoms with Gasteiger partial charge in [-0.3, -0.25) is 4.79 Å². The highest BCUT2D eigenvalue weighted by atomic mass is 16.1. The number of rotatable bonds is 5. The van der Waals surface area contributed by atoms with Gasteiger partial charge in [0.25, 0.3) is 5.91 Å². The second kappa shape index (κ2) is 12.9. The Hall–Kier alpha value is -1.50. The fraction of sp³-hybridized carbons (Fsp3) is 0.800. The van der Waals surface area contributed by atoms with Crippen molar-refractivity contribution < 1.29 is 4.79 Å². The van der Waals surface area contributed by atoms with Crippen molar-refractivity contribution in [2.75, 3.05) is 0 Å². The van der Waals surface area contributed by atoms with Crippen LogP contribution in [0.5, 0.6) is 0 Å². The van der Waals surface area contributed by atoms with Crippen LogP contribution in [0.15, 0.2) is 11.8 Å². The Bertz CT molecular complexity index is 413. The molecule has 0 aromatic carbocycles. The number of nitriles is 1. The largest absolute Gasteiger partial charge is 0.387 e. The monoisotopic (exact) mass is 333 g/mol. The molecule has 24 heavy (non-hydrogen) atoms. The van der Waals surface area contributed by atoms with Crippen molar-refractivity contribution in [2.24, 2.45) is 0 Å². The van der Waals surface area contributed by atoms with Crippen molar-refractivity contribution in [3.63, 3.8) is 0 Å². The Kier molecular flexibility index (Phi) is 11.0. The molecule has 4 nitrogen and oxygen atoms in total. The van der Waals surface area contributed by atoms with Crippen LogP contribution >= 0.6 is 0 Å². The number of nitrogens with zero attached hydrogens (tertiary/aromatic N) is 1. The van der Waals surface area contributed by atoms with Crippen LogP contribution in [0.3, 0.4) is 0 Å². The van der Waals surface area contributed by atoms with Gasteiger partial charge in [0.2, 0.25) is 0 Å². The van der Waals surface area contributed by atoms with Crippen LogP contribution in [0.4, 0.5) is 0 Å². The molecule has 1 aliphatic rings. The van der Waals surface area contributed by atoms with Gasteiger partial charge in [0, 0.05) is 18.3 Å². The maximum atomic E-state index is 12.4. The van der Waals surface area contributed by atoms with Gasteiger partial charge in [0.1, 0.15) is 11.6 Å². The van der Waals surface area contributed by atoms with E-state index in [1.165, 1.54) is 57.8 Å². The molecule has 0 spiro atoms. The first-order valence-electron chi connectivity index (χ1n) is 9.84. The Morgan fingerprint density at radius 1 is 1.08 bits per heavy atom. The maximum Gasteiger partial charge on any atom is 0.263 e. The molecule has 1 fully saturated rings. The van der Waals surface area contributed by atoms with E-state index in [1.54, 1.807) is 6.20 Å². The van der Waals surface area contributed by atoms with Crippen molar-refractivity contribution in [3.05, 3.63) is 11.8 Å². The summed E-state index contributed by atoms with van der Waals surface area (Å²) in [5.41, 5.74) is 0.182. The van der Waals surface area contributed by atoms with Crippen LogP contribution < -0.4 is 10.6 Å². The van der Waals surface area contributed by atoms with Crippen molar-refractivity contribution >= 4 is 5.91 Å². The minimum absolute atomic E-state index is 0.182. The number of nitrogens with one attached hydrogen (secondary N) is 2. The lowest BCUT2D eigenvalue weighted by Gasteiger charge is -2.19.